The second-order valence-corrected chi connectivity index (χ2v) is 2.80. The molecule has 0 bridgehead atoms. The molecule has 0 atom stereocenters. The standard InChI is InChI=1S/C9H13N5/c1-11-9(12-2,13-7-10)8-4-5-14(3)6-8/h4-7H,1-2H2,3H3,(H2,10,13). The summed E-state index contributed by atoms with van der Waals surface area (Å²) in [6.07, 6.45) is 4.86. The van der Waals surface area contributed by atoms with Gasteiger partial charge in [0, 0.05) is 25.0 Å². The van der Waals surface area contributed by atoms with Crippen molar-refractivity contribution in [1.29, 1.82) is 0 Å². The van der Waals surface area contributed by atoms with Crippen molar-refractivity contribution in [3.8, 4) is 0 Å². The molecule has 14 heavy (non-hydrogen) atoms. The predicted molar refractivity (Wildman–Crippen MR) is 58.9 cm³/mol. The molecule has 0 aliphatic carbocycles. The van der Waals surface area contributed by atoms with Gasteiger partial charge < -0.3 is 10.3 Å². The summed E-state index contributed by atoms with van der Waals surface area (Å²) in [5.41, 5.74) is 6.02. The Morgan fingerprint density at radius 1 is 1.50 bits per heavy atom. The first-order valence-electron chi connectivity index (χ1n) is 4.02. The zero-order valence-corrected chi connectivity index (χ0v) is 8.09. The minimum absolute atomic E-state index is 0.784. The monoisotopic (exact) mass is 191 g/mol. The first-order chi connectivity index (χ1) is 6.68. The van der Waals surface area contributed by atoms with Crippen LogP contribution in [0.5, 0.6) is 0 Å². The lowest BCUT2D eigenvalue weighted by Crippen LogP contribution is -2.18. The van der Waals surface area contributed by atoms with Gasteiger partial charge in [0.2, 0.25) is 0 Å². The second-order valence-electron chi connectivity index (χ2n) is 2.80. The topological polar surface area (TPSA) is 68.0 Å². The van der Waals surface area contributed by atoms with Crippen LogP contribution in [0.25, 0.3) is 0 Å². The maximum atomic E-state index is 5.24. The minimum Gasteiger partial charge on any atom is -0.390 e. The first kappa shape index (κ1) is 10.2. The highest BCUT2D eigenvalue weighted by Crippen LogP contribution is 2.27. The fraction of sp³-hybridized carbons (Fsp3) is 0.222. The molecule has 0 fully saturated rings. The van der Waals surface area contributed by atoms with E-state index >= 15 is 0 Å². The number of aliphatic imine (C=N–C) groups is 3. The molecule has 0 amide bonds. The van der Waals surface area contributed by atoms with Gasteiger partial charge in [0.25, 0.3) is 5.79 Å². The van der Waals surface area contributed by atoms with E-state index in [0.29, 0.717) is 0 Å². The van der Waals surface area contributed by atoms with Crippen molar-refractivity contribution in [3.63, 3.8) is 0 Å². The average Bonchev–Trinajstić information content (AvgIpc) is 2.62. The Labute approximate surface area is 82.7 Å². The van der Waals surface area contributed by atoms with Crippen LogP contribution in [0, 0.1) is 0 Å². The molecule has 1 aromatic rings. The van der Waals surface area contributed by atoms with Crippen LogP contribution in [0.3, 0.4) is 0 Å². The molecule has 0 aliphatic heterocycles. The summed E-state index contributed by atoms with van der Waals surface area (Å²) in [4.78, 5) is 11.6. The largest absolute Gasteiger partial charge is 0.390 e. The molecule has 1 rings (SSSR count). The van der Waals surface area contributed by atoms with Crippen LogP contribution < -0.4 is 5.73 Å². The number of rotatable bonds is 4. The fourth-order valence-electron chi connectivity index (χ4n) is 1.19. The van der Waals surface area contributed by atoms with Crippen LogP contribution in [0.2, 0.25) is 0 Å². The highest BCUT2D eigenvalue weighted by molar-refractivity contribution is 5.53. The van der Waals surface area contributed by atoms with Gasteiger partial charge in [0.1, 0.15) is 0 Å². The zero-order valence-electron chi connectivity index (χ0n) is 8.09. The SMILES string of the molecule is C=NC(N=C)(/N=C/N)c1ccn(C)c1. The van der Waals surface area contributed by atoms with Gasteiger partial charge in [-0.05, 0) is 19.5 Å². The molecule has 0 aromatic carbocycles. The van der Waals surface area contributed by atoms with Crippen LogP contribution in [0.1, 0.15) is 5.56 Å². The predicted octanol–water partition coefficient (Wildman–Crippen LogP) is 0.524. The van der Waals surface area contributed by atoms with E-state index in [4.69, 9.17) is 5.73 Å². The fourth-order valence-corrected chi connectivity index (χ4v) is 1.19. The van der Waals surface area contributed by atoms with Gasteiger partial charge in [-0.1, -0.05) is 0 Å². The van der Waals surface area contributed by atoms with Crippen LogP contribution in [0.15, 0.2) is 33.4 Å². The van der Waals surface area contributed by atoms with Gasteiger partial charge in [-0.2, -0.15) is 0 Å². The molecule has 1 aromatic heterocycles. The third-order valence-electron chi connectivity index (χ3n) is 1.91. The van der Waals surface area contributed by atoms with Crippen molar-refractivity contribution >= 4 is 19.8 Å². The van der Waals surface area contributed by atoms with E-state index in [-0.39, 0.29) is 0 Å². The average molecular weight is 191 g/mol. The quantitative estimate of drug-likeness (QED) is 0.547. The number of hydrogen-bond acceptors (Lipinski definition) is 3. The summed E-state index contributed by atoms with van der Waals surface area (Å²) in [5.74, 6) is -1.10. The molecule has 0 unspecified atom stereocenters. The van der Waals surface area contributed by atoms with Crippen molar-refractivity contribution in [2.24, 2.45) is 27.8 Å². The summed E-state index contributed by atoms with van der Waals surface area (Å²) in [7, 11) is 1.90. The van der Waals surface area contributed by atoms with Crippen LogP contribution >= 0.6 is 0 Å². The maximum absolute atomic E-state index is 5.24. The van der Waals surface area contributed by atoms with E-state index in [1.165, 1.54) is 0 Å². The van der Waals surface area contributed by atoms with Gasteiger partial charge in [0.15, 0.2) is 0 Å². The summed E-state index contributed by atoms with van der Waals surface area (Å²) in [5, 5.41) is 0. The van der Waals surface area contributed by atoms with E-state index in [1.807, 2.05) is 30.1 Å². The Balaban J connectivity index is 3.22. The third kappa shape index (κ3) is 1.56. The number of hydrogen-bond donors (Lipinski definition) is 1. The van der Waals surface area contributed by atoms with Crippen LogP contribution in [-0.2, 0) is 12.8 Å². The van der Waals surface area contributed by atoms with Crippen LogP contribution in [0.4, 0.5) is 0 Å². The van der Waals surface area contributed by atoms with E-state index in [2.05, 4.69) is 28.4 Å². The lowest BCUT2D eigenvalue weighted by atomic mass is 10.2. The Kier molecular flexibility index (Phi) is 2.81. The van der Waals surface area contributed by atoms with E-state index in [9.17, 15) is 0 Å². The van der Waals surface area contributed by atoms with Crippen molar-refractivity contribution in [3.05, 3.63) is 24.0 Å². The van der Waals surface area contributed by atoms with Crippen LogP contribution in [-0.4, -0.2) is 24.3 Å². The molecule has 2 N–H and O–H groups in total. The van der Waals surface area contributed by atoms with E-state index < -0.39 is 5.79 Å². The molecule has 0 radical (unpaired) electrons. The maximum Gasteiger partial charge on any atom is 0.273 e. The van der Waals surface area contributed by atoms with Gasteiger partial charge in [-0.25, -0.2) is 15.0 Å². The summed E-state index contributed by atoms with van der Waals surface area (Å²) < 4.78 is 1.87. The summed E-state index contributed by atoms with van der Waals surface area (Å²) in [6.45, 7) is 6.89. The highest BCUT2D eigenvalue weighted by atomic mass is 15.2. The van der Waals surface area contributed by atoms with E-state index in [0.717, 1.165) is 11.9 Å². The van der Waals surface area contributed by atoms with Crippen molar-refractivity contribution < 1.29 is 0 Å². The molecule has 74 valence electrons. The number of nitrogens with zero attached hydrogens (tertiary/aromatic N) is 4. The van der Waals surface area contributed by atoms with Crippen molar-refractivity contribution in [2.45, 2.75) is 5.79 Å². The lowest BCUT2D eigenvalue weighted by molar-refractivity contribution is 0.509. The lowest BCUT2D eigenvalue weighted by Gasteiger charge is -2.17. The second kappa shape index (κ2) is 3.87. The Morgan fingerprint density at radius 2 is 2.14 bits per heavy atom. The van der Waals surface area contributed by atoms with Gasteiger partial charge in [-0.15, -0.1) is 0 Å². The number of aromatic nitrogens is 1. The zero-order chi connectivity index (χ0) is 10.6. The molecular formula is C9H13N5. The molecule has 0 saturated carbocycles. The molecule has 1 heterocycles. The molecule has 0 spiro atoms. The van der Waals surface area contributed by atoms with Gasteiger partial charge >= 0.3 is 0 Å². The number of aryl methyl sites for hydroxylation is 1. The Morgan fingerprint density at radius 3 is 2.50 bits per heavy atom. The Hall–Kier alpha value is -1.91. The normalized spacial score (nSPS) is 11.8. The number of nitrogens with two attached hydrogens (primary N) is 1. The van der Waals surface area contributed by atoms with E-state index in [1.54, 1.807) is 0 Å². The summed E-state index contributed by atoms with van der Waals surface area (Å²) in [6, 6.07) is 1.84. The third-order valence-corrected chi connectivity index (χ3v) is 1.91. The summed E-state index contributed by atoms with van der Waals surface area (Å²) >= 11 is 0. The molecule has 0 aliphatic rings. The first-order valence-corrected chi connectivity index (χ1v) is 4.02. The smallest absolute Gasteiger partial charge is 0.273 e. The van der Waals surface area contributed by atoms with Crippen molar-refractivity contribution in [2.75, 3.05) is 0 Å². The van der Waals surface area contributed by atoms with Crippen molar-refractivity contribution in [1.82, 2.24) is 4.57 Å². The Bertz CT molecular complexity index is 355. The molecule has 0 saturated heterocycles. The molecule has 5 nitrogen and oxygen atoms in total. The highest BCUT2D eigenvalue weighted by Gasteiger charge is 2.27. The van der Waals surface area contributed by atoms with Gasteiger partial charge in [0.05, 0.1) is 6.34 Å². The molecular weight excluding hydrogens is 178 g/mol. The van der Waals surface area contributed by atoms with Gasteiger partial charge in [-0.3, -0.25) is 0 Å². The molecule has 5 heteroatoms. The minimum atomic E-state index is -1.10.